The van der Waals surface area contributed by atoms with E-state index in [1.807, 2.05) is 6.07 Å². The molecule has 2 atom stereocenters. The van der Waals surface area contributed by atoms with Crippen LogP contribution in [0.15, 0.2) is 54.6 Å². The molecule has 0 spiro atoms. The zero-order valence-electron chi connectivity index (χ0n) is 20.5. The molecule has 0 bridgehead atoms. The average molecular weight is 483 g/mol. The van der Waals surface area contributed by atoms with Gasteiger partial charge in [0.25, 0.3) is 0 Å². The van der Waals surface area contributed by atoms with Crippen LogP contribution in [-0.2, 0) is 4.74 Å². The van der Waals surface area contributed by atoms with Gasteiger partial charge in [0.05, 0.1) is 19.3 Å². The predicted molar refractivity (Wildman–Crippen MR) is 134 cm³/mol. The standard InChI is InChI=1S/C30H33F3O2/c1-3-5-6-7-24-14-12-23(19-35-24)22-13-15-25(27(31)18-22)20-8-10-21(11-9-20)26-16-17-28(34-4-2)30(33)29(26)32/h8-11,13,15-18,23-24H,3-7,12,14,19H2,1-2H3. The maximum atomic E-state index is 15.1. The Morgan fingerprint density at radius 2 is 1.54 bits per heavy atom. The lowest BCUT2D eigenvalue weighted by molar-refractivity contribution is -0.00211. The summed E-state index contributed by atoms with van der Waals surface area (Å²) in [6.07, 6.45) is 7.11. The summed E-state index contributed by atoms with van der Waals surface area (Å²) in [5, 5.41) is 0. The molecule has 3 aromatic carbocycles. The van der Waals surface area contributed by atoms with Gasteiger partial charge in [0.1, 0.15) is 5.82 Å². The quantitative estimate of drug-likeness (QED) is 0.284. The zero-order valence-corrected chi connectivity index (χ0v) is 20.5. The highest BCUT2D eigenvalue weighted by molar-refractivity contribution is 5.71. The maximum absolute atomic E-state index is 15.1. The molecule has 0 aliphatic carbocycles. The summed E-state index contributed by atoms with van der Waals surface area (Å²) < 4.78 is 55.0. The van der Waals surface area contributed by atoms with Crippen molar-refractivity contribution >= 4 is 0 Å². The van der Waals surface area contributed by atoms with E-state index in [0.717, 1.165) is 24.8 Å². The number of hydrogen-bond donors (Lipinski definition) is 0. The van der Waals surface area contributed by atoms with Crippen molar-refractivity contribution in [3.63, 3.8) is 0 Å². The van der Waals surface area contributed by atoms with Gasteiger partial charge >= 0.3 is 0 Å². The van der Waals surface area contributed by atoms with Crippen LogP contribution in [0.1, 0.15) is 63.9 Å². The molecule has 0 amide bonds. The summed E-state index contributed by atoms with van der Waals surface area (Å²) in [4.78, 5) is 0. The average Bonchev–Trinajstić information content (AvgIpc) is 2.88. The van der Waals surface area contributed by atoms with Crippen LogP contribution in [0, 0.1) is 17.5 Å². The van der Waals surface area contributed by atoms with E-state index >= 15 is 4.39 Å². The highest BCUT2D eigenvalue weighted by Gasteiger charge is 2.23. The largest absolute Gasteiger partial charge is 0.491 e. The van der Waals surface area contributed by atoms with E-state index in [4.69, 9.17) is 9.47 Å². The van der Waals surface area contributed by atoms with Crippen molar-refractivity contribution < 1.29 is 22.6 Å². The maximum Gasteiger partial charge on any atom is 0.201 e. The van der Waals surface area contributed by atoms with E-state index < -0.39 is 11.6 Å². The van der Waals surface area contributed by atoms with Crippen molar-refractivity contribution in [1.82, 2.24) is 0 Å². The lowest BCUT2D eigenvalue weighted by Gasteiger charge is -2.29. The summed E-state index contributed by atoms with van der Waals surface area (Å²) in [7, 11) is 0. The SMILES string of the molecule is CCCCCC1CCC(c2ccc(-c3ccc(-c4ccc(OCC)c(F)c4F)cc3)c(F)c2)CO1. The highest BCUT2D eigenvalue weighted by atomic mass is 19.2. The first-order chi connectivity index (χ1) is 17.0. The van der Waals surface area contributed by atoms with Crippen molar-refractivity contribution in [2.75, 3.05) is 13.2 Å². The number of unbranched alkanes of at least 4 members (excludes halogenated alkanes) is 2. The Kier molecular flexibility index (Phi) is 8.50. The smallest absolute Gasteiger partial charge is 0.201 e. The van der Waals surface area contributed by atoms with Crippen LogP contribution in [0.4, 0.5) is 13.2 Å². The molecular formula is C30H33F3O2. The number of benzene rings is 3. The van der Waals surface area contributed by atoms with E-state index in [1.54, 1.807) is 43.3 Å². The second kappa shape index (κ2) is 11.8. The van der Waals surface area contributed by atoms with E-state index in [0.29, 0.717) is 29.4 Å². The van der Waals surface area contributed by atoms with Crippen molar-refractivity contribution in [3.05, 3.63) is 77.6 Å². The van der Waals surface area contributed by atoms with Crippen LogP contribution in [-0.4, -0.2) is 19.3 Å². The molecule has 3 aromatic rings. The first-order valence-electron chi connectivity index (χ1n) is 12.6. The molecule has 1 aliphatic heterocycles. The van der Waals surface area contributed by atoms with Gasteiger partial charge in [-0.15, -0.1) is 0 Å². The lowest BCUT2D eigenvalue weighted by Crippen LogP contribution is -2.24. The topological polar surface area (TPSA) is 18.5 Å². The molecule has 0 N–H and O–H groups in total. The summed E-state index contributed by atoms with van der Waals surface area (Å²) in [6.45, 7) is 4.80. The number of ether oxygens (including phenoxy) is 2. The minimum atomic E-state index is -1.01. The number of halogens is 3. The molecule has 4 rings (SSSR count). The number of hydrogen-bond acceptors (Lipinski definition) is 2. The molecule has 1 fully saturated rings. The molecule has 0 saturated carbocycles. The van der Waals surface area contributed by atoms with Crippen LogP contribution in [0.3, 0.4) is 0 Å². The first-order valence-corrected chi connectivity index (χ1v) is 12.6. The second-order valence-corrected chi connectivity index (χ2v) is 9.21. The molecule has 5 heteroatoms. The fraction of sp³-hybridized carbons (Fsp3) is 0.400. The number of rotatable bonds is 9. The fourth-order valence-corrected chi connectivity index (χ4v) is 4.79. The molecule has 1 heterocycles. The van der Waals surface area contributed by atoms with Gasteiger partial charge in [0.2, 0.25) is 5.82 Å². The van der Waals surface area contributed by atoms with Crippen molar-refractivity contribution in [1.29, 1.82) is 0 Å². The zero-order chi connectivity index (χ0) is 24.8. The Bertz CT molecular complexity index is 1120. The van der Waals surface area contributed by atoms with Gasteiger partial charge in [-0.1, -0.05) is 62.6 Å². The molecule has 0 aromatic heterocycles. The third kappa shape index (κ3) is 5.90. The molecule has 186 valence electrons. The minimum absolute atomic E-state index is 0.108. The van der Waals surface area contributed by atoms with Crippen molar-refractivity contribution in [2.24, 2.45) is 0 Å². The van der Waals surface area contributed by atoms with Gasteiger partial charge in [-0.25, -0.2) is 8.78 Å². The first kappa shape index (κ1) is 25.3. The van der Waals surface area contributed by atoms with E-state index in [-0.39, 0.29) is 29.7 Å². The summed E-state index contributed by atoms with van der Waals surface area (Å²) in [5.74, 6) is -2.15. The van der Waals surface area contributed by atoms with E-state index in [1.165, 1.54) is 31.4 Å². The van der Waals surface area contributed by atoms with Crippen LogP contribution in [0.5, 0.6) is 5.75 Å². The highest BCUT2D eigenvalue weighted by Crippen LogP contribution is 2.34. The van der Waals surface area contributed by atoms with Crippen LogP contribution < -0.4 is 4.74 Å². The van der Waals surface area contributed by atoms with Gasteiger partial charge in [0.15, 0.2) is 11.6 Å². The Balaban J connectivity index is 1.45. The van der Waals surface area contributed by atoms with E-state index in [2.05, 4.69) is 6.92 Å². The van der Waals surface area contributed by atoms with Crippen LogP contribution in [0.2, 0.25) is 0 Å². The van der Waals surface area contributed by atoms with Gasteiger partial charge < -0.3 is 9.47 Å². The molecule has 0 radical (unpaired) electrons. The fourth-order valence-electron chi connectivity index (χ4n) is 4.79. The molecule has 35 heavy (non-hydrogen) atoms. The van der Waals surface area contributed by atoms with Crippen LogP contribution in [0.25, 0.3) is 22.3 Å². The van der Waals surface area contributed by atoms with Crippen molar-refractivity contribution in [2.45, 2.75) is 64.4 Å². The predicted octanol–water partition coefficient (Wildman–Crippen LogP) is 8.68. The van der Waals surface area contributed by atoms with Gasteiger partial charge in [0, 0.05) is 17.0 Å². The summed E-state index contributed by atoms with van der Waals surface area (Å²) in [5.41, 5.74) is 2.77. The Hall–Kier alpha value is -2.79. The Morgan fingerprint density at radius 1 is 0.829 bits per heavy atom. The van der Waals surface area contributed by atoms with Gasteiger partial charge in [-0.3, -0.25) is 0 Å². The molecule has 1 saturated heterocycles. The van der Waals surface area contributed by atoms with Gasteiger partial charge in [-0.05, 0) is 61.1 Å². The molecule has 2 nitrogen and oxygen atoms in total. The normalized spacial score (nSPS) is 18.0. The summed E-state index contributed by atoms with van der Waals surface area (Å²) >= 11 is 0. The third-order valence-electron chi connectivity index (χ3n) is 6.82. The lowest BCUT2D eigenvalue weighted by atomic mass is 9.89. The third-order valence-corrected chi connectivity index (χ3v) is 6.82. The van der Waals surface area contributed by atoms with Gasteiger partial charge in [-0.2, -0.15) is 4.39 Å². The summed E-state index contributed by atoms with van der Waals surface area (Å²) in [6, 6.07) is 15.1. The Labute approximate surface area is 206 Å². The monoisotopic (exact) mass is 482 g/mol. The minimum Gasteiger partial charge on any atom is -0.491 e. The molecule has 1 aliphatic rings. The van der Waals surface area contributed by atoms with Crippen LogP contribution >= 0.6 is 0 Å². The Morgan fingerprint density at radius 3 is 2.17 bits per heavy atom. The molecular weight excluding hydrogens is 449 g/mol. The van der Waals surface area contributed by atoms with E-state index in [9.17, 15) is 8.78 Å². The second-order valence-electron chi connectivity index (χ2n) is 9.21. The van der Waals surface area contributed by atoms with Crippen molar-refractivity contribution in [3.8, 4) is 28.0 Å². The molecule has 2 unspecified atom stereocenters.